The van der Waals surface area contributed by atoms with Gasteiger partial charge in [-0.15, -0.1) is 0 Å². The standard InChI is InChI=1S/C21H24F2N10O8P2S2/c22-10-8-1-37-42(34,44)7-36-14-9(40-20(11(14)23)32-5-30-12-16(24)26-3-28-18(12)32)2-38-43(35,45)41-15(10)21(39-8)33-6-31-13-17(25)27-4-29-19(13)33/h3-6,8-11,14-15,20-21H,1-2,7H2,(H,34,44)(H,35,45)(H2,24,26,28)(H2,25,27,29)/t8-,9-,10+,11?,14+,15?,20-,21-,42?,43?/m1/s1. The number of nitrogens with zero attached hydrogens (tertiary/aromatic N) is 8. The molecule has 0 saturated carbocycles. The van der Waals surface area contributed by atoms with Crippen LogP contribution >= 0.6 is 25.5 Å². The first kappa shape index (κ1) is 31.1. The molecule has 0 aromatic carbocycles. The Balaban J connectivity index is 1.19. The summed E-state index contributed by atoms with van der Waals surface area (Å²) < 4.78 is 81.8. The molecule has 45 heavy (non-hydrogen) atoms. The molecule has 0 amide bonds. The summed E-state index contributed by atoms with van der Waals surface area (Å²) in [4.78, 5) is 35.3. The Morgan fingerprint density at radius 2 is 1.44 bits per heavy atom. The van der Waals surface area contributed by atoms with E-state index in [0.29, 0.717) is 0 Å². The normalized spacial score (nSPS) is 38.0. The predicted octanol–water partition coefficient (Wildman–Crippen LogP) is 1.42. The largest absolute Gasteiger partial charge is 0.382 e. The zero-order valence-electron chi connectivity index (χ0n) is 22.6. The van der Waals surface area contributed by atoms with Crippen LogP contribution in [0.25, 0.3) is 22.3 Å². The molecule has 0 radical (unpaired) electrons. The van der Waals surface area contributed by atoms with Crippen LogP contribution in [0, 0.1) is 0 Å². The number of aromatic nitrogens is 8. The number of imidazole rings is 2. The van der Waals surface area contributed by atoms with Gasteiger partial charge in [0, 0.05) is 0 Å². The minimum absolute atomic E-state index is 0.0612. The minimum Gasteiger partial charge on any atom is -0.382 e. The van der Waals surface area contributed by atoms with Gasteiger partial charge in [0.2, 0.25) is 0 Å². The Morgan fingerprint density at radius 3 is 2.09 bits per heavy atom. The van der Waals surface area contributed by atoms with E-state index in [1.807, 2.05) is 0 Å². The molecule has 4 unspecified atom stereocenters. The lowest BCUT2D eigenvalue weighted by atomic mass is 10.1. The SMILES string of the molecule is Nc1ncnc2c1ncn2[C@@H]1O[C@@H]2COP(=O)(S)CO[C@@H]3C(F)[C@H](n4cnc5c(N)ncnc54)O[C@@H]3COP(O)(=S)OC1[C@H]2F. The van der Waals surface area contributed by atoms with Gasteiger partial charge >= 0.3 is 6.72 Å². The highest BCUT2D eigenvalue weighted by Gasteiger charge is 2.52. The van der Waals surface area contributed by atoms with Gasteiger partial charge in [-0.25, -0.2) is 38.7 Å². The number of hydrogen-bond acceptors (Lipinski definition) is 16. The van der Waals surface area contributed by atoms with Crippen molar-refractivity contribution < 1.29 is 46.0 Å². The highest BCUT2D eigenvalue weighted by atomic mass is 32.7. The molecule has 3 aliphatic heterocycles. The molecule has 0 aliphatic carbocycles. The smallest absolute Gasteiger partial charge is 0.325 e. The lowest BCUT2D eigenvalue weighted by Gasteiger charge is -2.27. The molecule has 7 rings (SSSR count). The molecule has 4 aromatic heterocycles. The third kappa shape index (κ3) is 5.71. The highest BCUT2D eigenvalue weighted by molar-refractivity contribution is 8.46. The first-order chi connectivity index (χ1) is 21.4. The van der Waals surface area contributed by atoms with E-state index >= 15 is 8.78 Å². The second-order valence-corrected chi connectivity index (χ2v) is 16.6. The van der Waals surface area contributed by atoms with Crippen LogP contribution in [0.3, 0.4) is 0 Å². The molecule has 3 saturated heterocycles. The Kier molecular flexibility index (Phi) is 8.05. The summed E-state index contributed by atoms with van der Waals surface area (Å²) in [5.41, 5.74) is 12.5. The molecular weight excluding hydrogens is 684 g/mol. The van der Waals surface area contributed by atoms with Gasteiger partial charge in [0.15, 0.2) is 47.7 Å². The fourth-order valence-corrected chi connectivity index (χ4v) is 7.91. The van der Waals surface area contributed by atoms with Crippen LogP contribution < -0.4 is 11.5 Å². The van der Waals surface area contributed by atoms with Crippen LogP contribution in [0.1, 0.15) is 12.5 Å². The van der Waals surface area contributed by atoms with Crippen LogP contribution in [0.4, 0.5) is 20.4 Å². The lowest BCUT2D eigenvalue weighted by molar-refractivity contribution is -0.0569. The fraction of sp³-hybridized carbons (Fsp3) is 0.524. The molecule has 5 N–H and O–H groups in total. The van der Waals surface area contributed by atoms with Crippen LogP contribution in [-0.4, -0.2) is 100 Å². The van der Waals surface area contributed by atoms with E-state index in [1.54, 1.807) is 0 Å². The van der Waals surface area contributed by atoms with Crippen LogP contribution in [0.2, 0.25) is 0 Å². The molecule has 10 atom stereocenters. The molecular formula is C21H24F2N10O8P2S2. The average molecular weight is 709 g/mol. The summed E-state index contributed by atoms with van der Waals surface area (Å²) in [5.74, 6) is 0.130. The fourth-order valence-electron chi connectivity index (χ4n) is 5.29. The summed E-state index contributed by atoms with van der Waals surface area (Å²) >= 11 is 9.30. The number of fused-ring (bicyclic) bond motifs is 5. The maximum absolute atomic E-state index is 16.0. The number of nitrogen functional groups attached to an aromatic ring is 2. The van der Waals surface area contributed by atoms with Crippen molar-refractivity contribution in [3.8, 4) is 0 Å². The van der Waals surface area contributed by atoms with E-state index in [4.69, 9.17) is 51.1 Å². The van der Waals surface area contributed by atoms with Gasteiger partial charge in [-0.1, -0.05) is 12.2 Å². The Labute approximate surface area is 261 Å². The summed E-state index contributed by atoms with van der Waals surface area (Å²) in [6.45, 7) is -9.37. The molecule has 4 aromatic rings. The molecule has 2 bridgehead atoms. The first-order valence-corrected chi connectivity index (χ1v) is 18.7. The van der Waals surface area contributed by atoms with E-state index in [9.17, 15) is 9.46 Å². The first-order valence-electron chi connectivity index (χ1n) is 13.1. The van der Waals surface area contributed by atoms with E-state index < -0.39 is 82.1 Å². The van der Waals surface area contributed by atoms with Crippen LogP contribution in [0.15, 0.2) is 25.3 Å². The van der Waals surface area contributed by atoms with Crippen molar-refractivity contribution >= 4 is 71.3 Å². The van der Waals surface area contributed by atoms with Crippen molar-refractivity contribution in [1.29, 1.82) is 0 Å². The Morgan fingerprint density at radius 1 is 0.867 bits per heavy atom. The van der Waals surface area contributed by atoms with E-state index in [-0.39, 0.29) is 34.0 Å². The van der Waals surface area contributed by atoms with Gasteiger partial charge in [-0.05, 0) is 11.8 Å². The average Bonchev–Trinajstić information content (AvgIpc) is 3.75. The lowest BCUT2D eigenvalue weighted by Crippen LogP contribution is -2.36. The molecule has 0 spiro atoms. The number of anilines is 2. The van der Waals surface area contributed by atoms with Crippen molar-refractivity contribution in [3.63, 3.8) is 0 Å². The van der Waals surface area contributed by atoms with Gasteiger partial charge in [0.05, 0.1) is 25.9 Å². The summed E-state index contributed by atoms with van der Waals surface area (Å²) in [7, 11) is 0. The number of nitrogens with two attached hydrogens (primary N) is 2. The van der Waals surface area contributed by atoms with Crippen molar-refractivity contribution in [1.82, 2.24) is 39.0 Å². The van der Waals surface area contributed by atoms with Crippen molar-refractivity contribution in [2.24, 2.45) is 0 Å². The topological polar surface area (TPSA) is 232 Å². The second kappa shape index (κ2) is 11.6. The van der Waals surface area contributed by atoms with Gasteiger partial charge in [-0.3, -0.25) is 18.2 Å². The van der Waals surface area contributed by atoms with E-state index in [2.05, 4.69) is 42.2 Å². The maximum atomic E-state index is 16.0. The van der Waals surface area contributed by atoms with E-state index in [0.717, 1.165) is 0 Å². The van der Waals surface area contributed by atoms with Crippen LogP contribution in [-0.2, 0) is 44.2 Å². The number of ether oxygens (including phenoxy) is 3. The second-order valence-electron chi connectivity index (χ2n) is 10.2. The van der Waals surface area contributed by atoms with Gasteiger partial charge in [0.25, 0.3) is 6.57 Å². The molecule has 18 nitrogen and oxygen atoms in total. The van der Waals surface area contributed by atoms with Gasteiger partial charge in [0.1, 0.15) is 54.5 Å². The third-order valence-corrected chi connectivity index (χ3v) is 10.7. The van der Waals surface area contributed by atoms with E-state index in [1.165, 1.54) is 34.4 Å². The Hall–Kier alpha value is -2.49. The molecule has 3 fully saturated rings. The van der Waals surface area contributed by atoms with Gasteiger partial charge in [-0.2, -0.15) is 0 Å². The summed E-state index contributed by atoms with van der Waals surface area (Å²) in [6.07, 6.45) is -8.04. The minimum atomic E-state index is -4.28. The third-order valence-electron chi connectivity index (χ3n) is 7.38. The number of alkyl halides is 2. The zero-order chi connectivity index (χ0) is 31.7. The Bertz CT molecular complexity index is 1860. The quantitative estimate of drug-likeness (QED) is 0.170. The van der Waals surface area contributed by atoms with Crippen molar-refractivity contribution in [3.05, 3.63) is 25.3 Å². The summed E-state index contributed by atoms with van der Waals surface area (Å²) in [5, 5.41) is 0. The van der Waals surface area contributed by atoms with Crippen LogP contribution in [0.5, 0.6) is 0 Å². The van der Waals surface area contributed by atoms with Crippen molar-refractivity contribution in [2.45, 2.75) is 49.2 Å². The zero-order valence-corrected chi connectivity index (χ0v) is 26.1. The molecule has 242 valence electrons. The molecule has 24 heteroatoms. The number of hydrogen-bond donors (Lipinski definition) is 4. The van der Waals surface area contributed by atoms with Crippen molar-refractivity contribution in [2.75, 3.05) is 31.0 Å². The molecule has 3 aliphatic rings. The number of halogens is 2. The van der Waals surface area contributed by atoms with Gasteiger partial charge < -0.3 is 39.6 Å². The number of thiol groups is 1. The summed E-state index contributed by atoms with van der Waals surface area (Å²) in [6, 6.07) is 0. The molecule has 7 heterocycles. The highest BCUT2D eigenvalue weighted by Crippen LogP contribution is 2.55. The monoisotopic (exact) mass is 708 g/mol. The maximum Gasteiger partial charge on any atom is 0.325 e. The predicted molar refractivity (Wildman–Crippen MR) is 157 cm³/mol. The number of rotatable bonds is 2.